The van der Waals surface area contributed by atoms with Crippen molar-refractivity contribution in [2.45, 2.75) is 0 Å². The van der Waals surface area contributed by atoms with Crippen LogP contribution in [0.15, 0.2) is 174 Å². The van der Waals surface area contributed by atoms with E-state index < -0.39 is 0 Å². The molecule has 0 saturated heterocycles. The Bertz CT molecular complexity index is 2720. The van der Waals surface area contributed by atoms with Crippen LogP contribution in [0.2, 0.25) is 0 Å². The number of benzene rings is 7. The molecule has 10 rings (SSSR count). The lowest BCUT2D eigenvalue weighted by Gasteiger charge is -2.11. The van der Waals surface area contributed by atoms with Gasteiger partial charge in [0.05, 0.1) is 21.9 Å². The molecule has 3 heterocycles. The first-order valence-corrected chi connectivity index (χ1v) is 16.0. The molecule has 0 unspecified atom stereocenters. The zero-order valence-corrected chi connectivity index (χ0v) is 25.5. The summed E-state index contributed by atoms with van der Waals surface area (Å²) in [7, 11) is 0. The lowest BCUT2D eigenvalue weighted by Crippen LogP contribution is -1.93. The van der Waals surface area contributed by atoms with Crippen molar-refractivity contribution in [3.8, 4) is 33.6 Å². The second kappa shape index (κ2) is 10.1. The molecule has 0 radical (unpaired) electrons. The first-order chi connectivity index (χ1) is 23.3. The van der Waals surface area contributed by atoms with E-state index in [0.29, 0.717) is 0 Å². The van der Waals surface area contributed by atoms with Gasteiger partial charge in [-0.2, -0.15) is 0 Å². The van der Waals surface area contributed by atoms with Gasteiger partial charge in [-0.1, -0.05) is 115 Å². The summed E-state index contributed by atoms with van der Waals surface area (Å²) in [6.07, 6.45) is 0. The van der Waals surface area contributed by atoms with E-state index in [4.69, 9.17) is 4.42 Å². The van der Waals surface area contributed by atoms with Crippen molar-refractivity contribution < 1.29 is 4.42 Å². The SMILES string of the molecule is c1ccc(-n2c3cc(-c4cccc(-c5ccc(-n6c7ccccc7c7ccccc76)cc5)c4)ccc3c3c4ccccc4oc32)cc1. The summed E-state index contributed by atoms with van der Waals surface area (Å²) in [5.74, 6) is 0. The van der Waals surface area contributed by atoms with Gasteiger partial charge >= 0.3 is 0 Å². The Balaban J connectivity index is 1.08. The largest absolute Gasteiger partial charge is 0.439 e. The molecule has 0 spiro atoms. The maximum atomic E-state index is 6.49. The number of hydrogen-bond donors (Lipinski definition) is 0. The maximum absolute atomic E-state index is 6.49. The van der Waals surface area contributed by atoms with Gasteiger partial charge in [0.25, 0.3) is 0 Å². The molecular formula is C44H28N2O. The monoisotopic (exact) mass is 600 g/mol. The summed E-state index contributed by atoms with van der Waals surface area (Å²) in [4.78, 5) is 0. The van der Waals surface area contributed by atoms with E-state index in [1.165, 1.54) is 49.4 Å². The van der Waals surface area contributed by atoms with Crippen LogP contribution in [0.25, 0.3) is 88.4 Å². The van der Waals surface area contributed by atoms with Crippen LogP contribution in [0.1, 0.15) is 0 Å². The standard InChI is InChI=1S/C44H28N2O/c1-2-13-33(14-3-1)46-41-28-32(23-26-37(41)43-38-17-6-9-20-42(38)47-44(43)46)31-12-10-11-30(27-31)29-21-24-34(25-22-29)45-39-18-7-4-15-35(39)36-16-5-8-19-40(36)45/h1-28H. The minimum atomic E-state index is 0.877. The lowest BCUT2D eigenvalue weighted by molar-refractivity contribution is 0.645. The maximum Gasteiger partial charge on any atom is 0.213 e. The fourth-order valence-electron chi connectivity index (χ4n) is 7.38. The van der Waals surface area contributed by atoms with Gasteiger partial charge in [-0.05, 0) is 76.9 Å². The van der Waals surface area contributed by atoms with Crippen LogP contribution in [-0.4, -0.2) is 9.13 Å². The molecular weight excluding hydrogens is 572 g/mol. The molecule has 0 aliphatic heterocycles. The van der Waals surface area contributed by atoms with Gasteiger partial charge in [0, 0.05) is 32.9 Å². The Morgan fingerprint density at radius 2 is 0.915 bits per heavy atom. The molecule has 0 amide bonds. The van der Waals surface area contributed by atoms with Crippen molar-refractivity contribution in [3.63, 3.8) is 0 Å². The molecule has 3 aromatic heterocycles. The highest BCUT2D eigenvalue weighted by molar-refractivity contribution is 6.20. The molecule has 0 aliphatic rings. The average molecular weight is 601 g/mol. The van der Waals surface area contributed by atoms with Gasteiger partial charge in [-0.3, -0.25) is 4.57 Å². The van der Waals surface area contributed by atoms with E-state index in [-0.39, 0.29) is 0 Å². The van der Waals surface area contributed by atoms with E-state index >= 15 is 0 Å². The predicted molar refractivity (Wildman–Crippen MR) is 196 cm³/mol. The molecule has 220 valence electrons. The molecule has 7 aromatic carbocycles. The van der Waals surface area contributed by atoms with Crippen molar-refractivity contribution in [3.05, 3.63) is 170 Å². The van der Waals surface area contributed by atoms with Gasteiger partial charge in [-0.15, -0.1) is 0 Å². The van der Waals surface area contributed by atoms with Crippen molar-refractivity contribution in [1.82, 2.24) is 9.13 Å². The number of nitrogens with zero attached hydrogens (tertiary/aromatic N) is 2. The van der Waals surface area contributed by atoms with E-state index in [0.717, 1.165) is 39.0 Å². The highest BCUT2D eigenvalue weighted by Crippen LogP contribution is 2.41. The quantitative estimate of drug-likeness (QED) is 0.197. The molecule has 0 saturated carbocycles. The van der Waals surface area contributed by atoms with E-state index in [1.54, 1.807) is 0 Å². The van der Waals surface area contributed by atoms with Crippen LogP contribution in [0.5, 0.6) is 0 Å². The summed E-state index contributed by atoms with van der Waals surface area (Å²) in [6.45, 7) is 0. The van der Waals surface area contributed by atoms with Gasteiger partial charge in [-0.25, -0.2) is 0 Å². The first-order valence-electron chi connectivity index (χ1n) is 16.0. The third kappa shape index (κ3) is 3.93. The van der Waals surface area contributed by atoms with E-state index in [9.17, 15) is 0 Å². The lowest BCUT2D eigenvalue weighted by atomic mass is 9.98. The molecule has 0 N–H and O–H groups in total. The fraction of sp³-hybridized carbons (Fsp3) is 0. The van der Waals surface area contributed by atoms with Gasteiger partial charge in [0.2, 0.25) is 5.71 Å². The second-order valence-electron chi connectivity index (χ2n) is 12.2. The topological polar surface area (TPSA) is 23.0 Å². The Morgan fingerprint density at radius 3 is 1.66 bits per heavy atom. The molecule has 10 aromatic rings. The zero-order valence-electron chi connectivity index (χ0n) is 25.5. The highest BCUT2D eigenvalue weighted by Gasteiger charge is 2.20. The number of aromatic nitrogens is 2. The molecule has 0 bridgehead atoms. The summed E-state index contributed by atoms with van der Waals surface area (Å²) < 4.78 is 11.1. The van der Waals surface area contributed by atoms with Crippen LogP contribution >= 0.6 is 0 Å². The van der Waals surface area contributed by atoms with Crippen LogP contribution in [-0.2, 0) is 0 Å². The second-order valence-corrected chi connectivity index (χ2v) is 12.2. The van der Waals surface area contributed by atoms with Gasteiger partial charge in [0.1, 0.15) is 5.58 Å². The minimum absolute atomic E-state index is 0.877. The highest BCUT2D eigenvalue weighted by atomic mass is 16.3. The summed E-state index contributed by atoms with van der Waals surface area (Å²) in [5, 5.41) is 6.03. The molecule has 0 fully saturated rings. The third-order valence-electron chi connectivity index (χ3n) is 9.54. The van der Waals surface area contributed by atoms with Crippen molar-refractivity contribution in [2.24, 2.45) is 0 Å². The Hall–Kier alpha value is -6.32. The van der Waals surface area contributed by atoms with E-state index in [2.05, 4.69) is 167 Å². The Kier molecular flexibility index (Phi) is 5.57. The van der Waals surface area contributed by atoms with Crippen molar-refractivity contribution >= 4 is 54.8 Å². The number of fused-ring (bicyclic) bond motifs is 8. The smallest absolute Gasteiger partial charge is 0.213 e. The van der Waals surface area contributed by atoms with E-state index in [1.807, 2.05) is 12.1 Å². The molecule has 3 nitrogen and oxygen atoms in total. The van der Waals surface area contributed by atoms with Crippen LogP contribution < -0.4 is 0 Å². The molecule has 0 atom stereocenters. The minimum Gasteiger partial charge on any atom is -0.439 e. The van der Waals surface area contributed by atoms with Crippen molar-refractivity contribution in [1.29, 1.82) is 0 Å². The number of para-hydroxylation sites is 4. The molecule has 3 heteroatoms. The van der Waals surface area contributed by atoms with Crippen LogP contribution in [0, 0.1) is 0 Å². The normalized spacial score (nSPS) is 11.8. The predicted octanol–water partition coefficient (Wildman–Crippen LogP) is 12.0. The zero-order chi connectivity index (χ0) is 30.9. The molecule has 47 heavy (non-hydrogen) atoms. The van der Waals surface area contributed by atoms with Gasteiger partial charge in [0.15, 0.2) is 0 Å². The van der Waals surface area contributed by atoms with Crippen LogP contribution in [0.3, 0.4) is 0 Å². The summed E-state index contributed by atoms with van der Waals surface area (Å²) in [6, 6.07) is 60.7. The Labute approximate surface area is 271 Å². The number of rotatable bonds is 4. The number of furan rings is 1. The fourth-order valence-corrected chi connectivity index (χ4v) is 7.38. The summed E-state index contributed by atoms with van der Waals surface area (Å²) >= 11 is 0. The van der Waals surface area contributed by atoms with Crippen molar-refractivity contribution in [2.75, 3.05) is 0 Å². The molecule has 0 aliphatic carbocycles. The first kappa shape index (κ1) is 26.0. The Morgan fingerprint density at radius 1 is 0.340 bits per heavy atom. The summed E-state index contributed by atoms with van der Waals surface area (Å²) in [5.41, 5.74) is 12.3. The third-order valence-corrected chi connectivity index (χ3v) is 9.54. The number of hydrogen-bond acceptors (Lipinski definition) is 1. The van der Waals surface area contributed by atoms with Gasteiger partial charge < -0.3 is 8.98 Å². The average Bonchev–Trinajstić information content (AvgIpc) is 3.79. The van der Waals surface area contributed by atoms with Crippen LogP contribution in [0.4, 0.5) is 0 Å².